The van der Waals surface area contributed by atoms with Crippen LogP contribution in [0.5, 0.6) is 5.75 Å². The Morgan fingerprint density at radius 2 is 1.91 bits per heavy atom. The van der Waals surface area contributed by atoms with E-state index in [0.29, 0.717) is 5.69 Å². The molecule has 23 heavy (non-hydrogen) atoms. The number of carbonyl (C=O) groups is 1. The highest BCUT2D eigenvalue weighted by molar-refractivity contribution is 5.93. The second-order valence-electron chi connectivity index (χ2n) is 5.10. The third-order valence-corrected chi connectivity index (χ3v) is 3.47. The normalized spacial score (nSPS) is 10.5. The Morgan fingerprint density at radius 1 is 1.17 bits per heavy atom. The predicted octanol–water partition coefficient (Wildman–Crippen LogP) is 3.40. The van der Waals surface area contributed by atoms with Gasteiger partial charge in [-0.2, -0.15) is 0 Å². The molecule has 0 aliphatic heterocycles. The van der Waals surface area contributed by atoms with Crippen LogP contribution in [0, 0.1) is 0 Å². The van der Waals surface area contributed by atoms with Gasteiger partial charge in [0, 0.05) is 16.8 Å². The molecule has 0 spiro atoms. The van der Waals surface area contributed by atoms with E-state index in [0.717, 1.165) is 22.3 Å². The van der Waals surface area contributed by atoms with Gasteiger partial charge in [0.1, 0.15) is 5.75 Å². The van der Waals surface area contributed by atoms with Crippen molar-refractivity contribution in [3.05, 3.63) is 60.3 Å². The Hall–Kier alpha value is -3.08. The number of hydrogen-bond donors (Lipinski definition) is 2. The lowest BCUT2D eigenvalue weighted by Crippen LogP contribution is -2.07. The summed E-state index contributed by atoms with van der Waals surface area (Å²) in [5.41, 5.74) is 3.12. The lowest BCUT2D eigenvalue weighted by Gasteiger charge is -2.12. The van der Waals surface area contributed by atoms with Crippen LogP contribution in [0.3, 0.4) is 0 Å². The minimum absolute atomic E-state index is 0.117. The van der Waals surface area contributed by atoms with Crippen molar-refractivity contribution in [2.45, 2.75) is 6.42 Å². The lowest BCUT2D eigenvalue weighted by atomic mass is 10.1. The van der Waals surface area contributed by atoms with Gasteiger partial charge in [-0.25, -0.2) is 0 Å². The van der Waals surface area contributed by atoms with Crippen molar-refractivity contribution in [3.63, 3.8) is 0 Å². The molecule has 3 rings (SSSR count). The second-order valence-corrected chi connectivity index (χ2v) is 5.10. The molecule has 0 saturated heterocycles. The van der Waals surface area contributed by atoms with Crippen LogP contribution in [0.4, 0.5) is 11.4 Å². The number of benzene rings is 2. The van der Waals surface area contributed by atoms with Gasteiger partial charge in [-0.15, -0.1) is 0 Å². The summed E-state index contributed by atoms with van der Waals surface area (Å²) in [7, 11) is 1.36. The van der Waals surface area contributed by atoms with E-state index in [1.807, 2.05) is 30.3 Å². The van der Waals surface area contributed by atoms with Crippen LogP contribution >= 0.6 is 0 Å². The molecule has 5 nitrogen and oxygen atoms in total. The molecule has 0 atom stereocenters. The number of aromatic nitrogens is 1. The molecule has 1 heterocycles. The Morgan fingerprint density at radius 3 is 2.65 bits per heavy atom. The third kappa shape index (κ3) is 3.40. The summed E-state index contributed by atoms with van der Waals surface area (Å²) in [6.45, 7) is 0. The number of nitrogens with zero attached hydrogens (tertiary/aromatic N) is 1. The third-order valence-electron chi connectivity index (χ3n) is 3.47. The highest BCUT2D eigenvalue weighted by Gasteiger charge is 2.10. The molecule has 1 aromatic heterocycles. The number of para-hydroxylation sites is 1. The fourth-order valence-electron chi connectivity index (χ4n) is 2.34. The molecule has 0 unspecified atom stereocenters. The molecular formula is C18H16N2O3. The van der Waals surface area contributed by atoms with Crippen LogP contribution in [0.25, 0.3) is 10.9 Å². The van der Waals surface area contributed by atoms with E-state index in [2.05, 4.69) is 10.3 Å². The summed E-state index contributed by atoms with van der Waals surface area (Å²) < 4.78 is 4.71. The van der Waals surface area contributed by atoms with Gasteiger partial charge in [0.15, 0.2) is 0 Å². The topological polar surface area (TPSA) is 71.5 Å². The fourth-order valence-corrected chi connectivity index (χ4v) is 2.34. The summed E-state index contributed by atoms with van der Waals surface area (Å²) in [5, 5.41) is 13.6. The number of phenols is 1. The maximum absolute atomic E-state index is 11.5. The van der Waals surface area contributed by atoms with Crippen molar-refractivity contribution in [2.75, 3.05) is 12.4 Å². The first-order valence-corrected chi connectivity index (χ1v) is 7.17. The lowest BCUT2D eigenvalue weighted by molar-refractivity contribution is -0.139. The van der Waals surface area contributed by atoms with E-state index in [1.54, 1.807) is 24.3 Å². The number of phenolic OH excluding ortho intramolecular Hbond substituents is 1. The van der Waals surface area contributed by atoms with Gasteiger partial charge >= 0.3 is 5.97 Å². The van der Waals surface area contributed by atoms with Gasteiger partial charge in [-0.3, -0.25) is 9.78 Å². The number of aromatic hydroxyl groups is 1. The smallest absolute Gasteiger partial charge is 0.311 e. The Balaban J connectivity index is 2.02. The van der Waals surface area contributed by atoms with Gasteiger partial charge in [-0.1, -0.05) is 18.2 Å². The maximum atomic E-state index is 11.5. The fraction of sp³-hybridized carbons (Fsp3) is 0.111. The van der Waals surface area contributed by atoms with Gasteiger partial charge in [0.2, 0.25) is 0 Å². The summed E-state index contributed by atoms with van der Waals surface area (Å²) >= 11 is 0. The molecule has 0 aliphatic rings. The largest absolute Gasteiger partial charge is 0.508 e. The van der Waals surface area contributed by atoms with Crippen LogP contribution in [-0.2, 0) is 16.0 Å². The van der Waals surface area contributed by atoms with Crippen LogP contribution in [-0.4, -0.2) is 23.2 Å². The van der Waals surface area contributed by atoms with Gasteiger partial charge in [0.25, 0.3) is 0 Å². The van der Waals surface area contributed by atoms with Crippen molar-refractivity contribution in [3.8, 4) is 5.75 Å². The summed E-state index contributed by atoms with van der Waals surface area (Å²) in [6, 6.07) is 16.3. The van der Waals surface area contributed by atoms with E-state index in [1.165, 1.54) is 7.11 Å². The number of rotatable bonds is 4. The SMILES string of the molecule is COC(=O)Cc1cc(Nc2ccc(O)cc2)c2ccccc2n1. The minimum Gasteiger partial charge on any atom is -0.508 e. The number of esters is 1. The zero-order chi connectivity index (χ0) is 16.2. The number of nitrogens with one attached hydrogen (secondary N) is 1. The van der Waals surface area contributed by atoms with Crippen LogP contribution < -0.4 is 5.32 Å². The molecule has 2 N–H and O–H groups in total. The highest BCUT2D eigenvalue weighted by Crippen LogP contribution is 2.27. The van der Waals surface area contributed by atoms with Gasteiger partial charge in [-0.05, 0) is 36.4 Å². The molecule has 0 aliphatic carbocycles. The van der Waals surface area contributed by atoms with Crippen molar-refractivity contribution in [1.82, 2.24) is 4.98 Å². The van der Waals surface area contributed by atoms with E-state index in [-0.39, 0.29) is 18.1 Å². The number of carbonyl (C=O) groups excluding carboxylic acids is 1. The minimum atomic E-state index is -0.330. The van der Waals surface area contributed by atoms with Crippen molar-refractivity contribution in [2.24, 2.45) is 0 Å². The zero-order valence-corrected chi connectivity index (χ0v) is 12.6. The van der Waals surface area contributed by atoms with E-state index in [4.69, 9.17) is 4.74 Å². The molecule has 116 valence electrons. The molecule has 3 aromatic rings. The summed E-state index contributed by atoms with van der Waals surface area (Å²) in [5.74, 6) is -0.120. The summed E-state index contributed by atoms with van der Waals surface area (Å²) in [6.07, 6.45) is 0.117. The van der Waals surface area contributed by atoms with Crippen molar-refractivity contribution >= 4 is 28.2 Å². The van der Waals surface area contributed by atoms with Crippen LogP contribution in [0.2, 0.25) is 0 Å². The van der Waals surface area contributed by atoms with Crippen molar-refractivity contribution < 1.29 is 14.6 Å². The molecule has 0 saturated carbocycles. The monoisotopic (exact) mass is 308 g/mol. The average Bonchev–Trinajstić information content (AvgIpc) is 2.57. The number of pyridine rings is 1. The molecule has 0 bridgehead atoms. The molecule has 2 aromatic carbocycles. The number of ether oxygens (including phenoxy) is 1. The quantitative estimate of drug-likeness (QED) is 0.571. The first-order valence-electron chi connectivity index (χ1n) is 7.17. The Bertz CT molecular complexity index is 845. The first-order chi connectivity index (χ1) is 11.2. The average molecular weight is 308 g/mol. The van der Waals surface area contributed by atoms with Crippen molar-refractivity contribution in [1.29, 1.82) is 0 Å². The zero-order valence-electron chi connectivity index (χ0n) is 12.6. The van der Waals surface area contributed by atoms with Gasteiger partial charge < -0.3 is 15.2 Å². The molecule has 0 amide bonds. The number of methoxy groups -OCH3 is 1. The maximum Gasteiger partial charge on any atom is 0.311 e. The predicted molar refractivity (Wildman–Crippen MR) is 88.9 cm³/mol. The number of fused-ring (bicyclic) bond motifs is 1. The van der Waals surface area contributed by atoms with E-state index >= 15 is 0 Å². The first kappa shape index (κ1) is 14.8. The number of anilines is 2. The second kappa shape index (κ2) is 6.36. The van der Waals surface area contributed by atoms with Crippen LogP contribution in [0.15, 0.2) is 54.6 Å². The molecule has 5 heteroatoms. The van der Waals surface area contributed by atoms with E-state index < -0.39 is 0 Å². The number of hydrogen-bond acceptors (Lipinski definition) is 5. The molecular weight excluding hydrogens is 292 g/mol. The summed E-state index contributed by atoms with van der Waals surface area (Å²) in [4.78, 5) is 16.0. The van der Waals surface area contributed by atoms with Gasteiger partial charge in [0.05, 0.1) is 24.7 Å². The molecule has 0 radical (unpaired) electrons. The van der Waals surface area contributed by atoms with Crippen LogP contribution in [0.1, 0.15) is 5.69 Å². The molecule has 0 fully saturated rings. The standard InChI is InChI=1S/C18H16N2O3/c1-23-18(22)11-13-10-17(15-4-2-3-5-16(15)20-13)19-12-6-8-14(21)9-7-12/h2-10,21H,11H2,1H3,(H,19,20). The Labute approximate surface area is 133 Å². The Kier molecular flexibility index (Phi) is 4.10. The highest BCUT2D eigenvalue weighted by atomic mass is 16.5. The van der Waals surface area contributed by atoms with E-state index in [9.17, 15) is 9.90 Å².